The molecule has 1 aromatic carbocycles. The second kappa shape index (κ2) is 4.37. The van der Waals surface area contributed by atoms with E-state index in [1.807, 2.05) is 0 Å². The van der Waals surface area contributed by atoms with E-state index in [0.29, 0.717) is 0 Å². The van der Waals surface area contributed by atoms with Crippen molar-refractivity contribution in [2.45, 2.75) is 4.71 Å². The molecular weight excluding hydrogens is 258 g/mol. The maximum Gasteiger partial charge on any atom is 0.342 e. The van der Waals surface area contributed by atoms with E-state index in [-0.39, 0.29) is 5.75 Å². The Bertz CT molecular complexity index is 550. The first-order chi connectivity index (χ1) is 7.23. The van der Waals surface area contributed by atoms with Crippen molar-refractivity contribution in [3.8, 4) is 5.75 Å². The molecule has 7 nitrogen and oxygen atoms in total. The lowest BCUT2D eigenvalue weighted by Gasteiger charge is -2.10. The Morgan fingerprint density at radius 3 is 2.06 bits per heavy atom. The molecule has 16 heavy (non-hydrogen) atoms. The molecule has 0 saturated heterocycles. The molecule has 0 aliphatic heterocycles. The van der Waals surface area contributed by atoms with Gasteiger partial charge in [0, 0.05) is 0 Å². The fourth-order valence-corrected chi connectivity index (χ4v) is 2.59. The van der Waals surface area contributed by atoms with E-state index in [4.69, 9.17) is 10.3 Å². The van der Waals surface area contributed by atoms with Crippen molar-refractivity contribution in [2.75, 3.05) is 0 Å². The first kappa shape index (κ1) is 12.9. The summed E-state index contributed by atoms with van der Waals surface area (Å²) in [6.07, 6.45) is 0. The third-order valence-electron chi connectivity index (χ3n) is 1.53. The summed E-state index contributed by atoms with van der Waals surface area (Å²) in [6, 6.07) is 7.19. The highest BCUT2D eigenvalue weighted by molar-refractivity contribution is 8.04. The summed E-state index contributed by atoms with van der Waals surface area (Å²) in [4.78, 5) is 0. The Balaban J connectivity index is 2.98. The lowest BCUT2D eigenvalue weighted by atomic mass is 10.3. The molecule has 0 spiro atoms. The van der Waals surface area contributed by atoms with Gasteiger partial charge in [-0.3, -0.25) is 10.3 Å². The molecule has 0 bridgehead atoms. The van der Waals surface area contributed by atoms with Gasteiger partial charge < -0.3 is 4.18 Å². The van der Waals surface area contributed by atoms with E-state index in [1.165, 1.54) is 24.3 Å². The maximum absolute atomic E-state index is 11.3. The smallest absolute Gasteiger partial charge is 0.342 e. The van der Waals surface area contributed by atoms with E-state index in [9.17, 15) is 16.8 Å². The monoisotopic (exact) mass is 267 g/mol. The maximum atomic E-state index is 11.3. The third-order valence-corrected chi connectivity index (χ3v) is 4.55. The van der Waals surface area contributed by atoms with Crippen LogP contribution in [0, 0.1) is 0 Å². The molecule has 1 atom stereocenters. The minimum Gasteiger partial charge on any atom is -0.381 e. The molecule has 1 aromatic rings. The standard InChI is InChI=1S/C7H9NO6S2/c8-7(15(9,10)11)16(12,13)14-6-4-2-1-3-5-6/h1-5,7H,8H2,(H,9,10,11). The van der Waals surface area contributed by atoms with Gasteiger partial charge in [0.1, 0.15) is 5.75 Å². The number of para-hydroxylation sites is 1. The lowest BCUT2D eigenvalue weighted by molar-refractivity contribution is 0.458. The van der Waals surface area contributed by atoms with Gasteiger partial charge in [0.05, 0.1) is 0 Å². The highest BCUT2D eigenvalue weighted by Crippen LogP contribution is 2.14. The van der Waals surface area contributed by atoms with Gasteiger partial charge in [-0.1, -0.05) is 18.2 Å². The van der Waals surface area contributed by atoms with Crippen molar-refractivity contribution in [1.82, 2.24) is 0 Å². The van der Waals surface area contributed by atoms with Gasteiger partial charge in [-0.2, -0.15) is 16.8 Å². The van der Waals surface area contributed by atoms with E-state index < -0.39 is 24.9 Å². The van der Waals surface area contributed by atoms with Crippen molar-refractivity contribution < 1.29 is 25.6 Å². The van der Waals surface area contributed by atoms with Gasteiger partial charge in [0.25, 0.3) is 14.8 Å². The molecule has 90 valence electrons. The average Bonchev–Trinajstić information content (AvgIpc) is 2.16. The third kappa shape index (κ3) is 3.17. The summed E-state index contributed by atoms with van der Waals surface area (Å²) < 4.78 is 54.0. The van der Waals surface area contributed by atoms with Crippen LogP contribution in [0.15, 0.2) is 30.3 Å². The molecule has 0 aromatic heterocycles. The van der Waals surface area contributed by atoms with Crippen LogP contribution in [0.1, 0.15) is 0 Å². The Morgan fingerprint density at radius 2 is 1.62 bits per heavy atom. The Morgan fingerprint density at radius 1 is 1.12 bits per heavy atom. The molecule has 9 heteroatoms. The highest BCUT2D eigenvalue weighted by Gasteiger charge is 2.34. The van der Waals surface area contributed by atoms with Crippen LogP contribution in [0.25, 0.3) is 0 Å². The number of hydrogen-bond donors (Lipinski definition) is 2. The van der Waals surface area contributed by atoms with Gasteiger partial charge in [0.2, 0.25) is 0 Å². The molecule has 0 heterocycles. The summed E-state index contributed by atoms with van der Waals surface area (Å²) in [5.74, 6) is -0.0957. The van der Waals surface area contributed by atoms with Crippen molar-refractivity contribution in [1.29, 1.82) is 0 Å². The number of hydrogen-bond acceptors (Lipinski definition) is 6. The summed E-state index contributed by atoms with van der Waals surface area (Å²) in [6.45, 7) is 0. The second-order valence-electron chi connectivity index (χ2n) is 2.77. The SMILES string of the molecule is NC(S(=O)(=O)O)S(=O)(=O)Oc1ccccc1. The van der Waals surface area contributed by atoms with Crippen LogP contribution in [-0.4, -0.2) is 26.1 Å². The molecule has 0 radical (unpaired) electrons. The molecular formula is C7H9NO6S2. The van der Waals surface area contributed by atoms with Gasteiger partial charge in [-0.05, 0) is 12.1 Å². The molecule has 0 amide bonds. The van der Waals surface area contributed by atoms with Crippen LogP contribution >= 0.6 is 0 Å². The minimum absolute atomic E-state index is 0.0957. The summed E-state index contributed by atoms with van der Waals surface area (Å²) in [5.41, 5.74) is 4.83. The number of benzene rings is 1. The second-order valence-corrected chi connectivity index (χ2v) is 6.27. The summed E-state index contributed by atoms with van der Waals surface area (Å²) in [5, 5.41) is 0. The number of rotatable bonds is 4. The zero-order chi connectivity index (χ0) is 12.4. The molecule has 3 N–H and O–H groups in total. The van der Waals surface area contributed by atoms with Crippen LogP contribution in [0.2, 0.25) is 0 Å². The van der Waals surface area contributed by atoms with Gasteiger partial charge in [-0.15, -0.1) is 0 Å². The summed E-state index contributed by atoms with van der Waals surface area (Å²) >= 11 is 0. The zero-order valence-corrected chi connectivity index (χ0v) is 9.48. The van der Waals surface area contributed by atoms with Crippen LogP contribution < -0.4 is 9.92 Å². The minimum atomic E-state index is -4.92. The fraction of sp³-hybridized carbons (Fsp3) is 0.143. The van der Waals surface area contributed by atoms with E-state index in [1.54, 1.807) is 6.07 Å². The van der Waals surface area contributed by atoms with Gasteiger partial charge >= 0.3 is 10.1 Å². The zero-order valence-electron chi connectivity index (χ0n) is 7.85. The van der Waals surface area contributed by atoms with Gasteiger partial charge in [0.15, 0.2) is 0 Å². The van der Waals surface area contributed by atoms with Crippen LogP contribution in [0.4, 0.5) is 0 Å². The predicted molar refractivity (Wildman–Crippen MR) is 55.5 cm³/mol. The van der Waals surface area contributed by atoms with Crippen LogP contribution in [0.5, 0.6) is 5.75 Å². The van der Waals surface area contributed by atoms with E-state index in [2.05, 4.69) is 4.18 Å². The average molecular weight is 267 g/mol. The van der Waals surface area contributed by atoms with Crippen LogP contribution in [0.3, 0.4) is 0 Å². The molecule has 1 unspecified atom stereocenters. The Kier molecular flexibility index (Phi) is 3.53. The molecule has 0 aliphatic carbocycles. The molecule has 0 saturated carbocycles. The highest BCUT2D eigenvalue weighted by atomic mass is 32.3. The Labute approximate surface area is 92.7 Å². The molecule has 0 aliphatic rings. The first-order valence-electron chi connectivity index (χ1n) is 3.94. The van der Waals surface area contributed by atoms with E-state index in [0.717, 1.165) is 0 Å². The fourth-order valence-electron chi connectivity index (χ4n) is 0.807. The number of nitrogens with two attached hydrogens (primary N) is 1. The lowest BCUT2D eigenvalue weighted by Crippen LogP contribution is -2.40. The quantitative estimate of drug-likeness (QED) is 0.558. The van der Waals surface area contributed by atoms with Crippen molar-refractivity contribution in [3.05, 3.63) is 30.3 Å². The van der Waals surface area contributed by atoms with Crippen molar-refractivity contribution >= 4 is 20.2 Å². The van der Waals surface area contributed by atoms with Crippen molar-refractivity contribution in [3.63, 3.8) is 0 Å². The first-order valence-corrected chi connectivity index (χ1v) is 6.91. The largest absolute Gasteiger partial charge is 0.381 e. The normalized spacial score (nSPS) is 14.4. The van der Waals surface area contributed by atoms with E-state index >= 15 is 0 Å². The Hall–Kier alpha value is -1.16. The molecule has 0 fully saturated rings. The van der Waals surface area contributed by atoms with Gasteiger partial charge in [-0.25, -0.2) is 0 Å². The topological polar surface area (TPSA) is 124 Å². The molecule has 1 rings (SSSR count). The predicted octanol–water partition coefficient (Wildman–Crippen LogP) is -0.475. The van der Waals surface area contributed by atoms with Crippen LogP contribution in [-0.2, 0) is 20.2 Å². The summed E-state index contributed by atoms with van der Waals surface area (Å²) in [7, 11) is -9.55. The van der Waals surface area contributed by atoms with Crippen molar-refractivity contribution in [2.24, 2.45) is 5.73 Å².